The van der Waals surface area contributed by atoms with Crippen LogP contribution in [0.4, 0.5) is 0 Å². The van der Waals surface area contributed by atoms with Gasteiger partial charge in [-0.05, 0) is 37.8 Å². The fourth-order valence-electron chi connectivity index (χ4n) is 2.74. The van der Waals surface area contributed by atoms with Crippen molar-refractivity contribution in [2.75, 3.05) is 26.2 Å². The Labute approximate surface area is 133 Å². The van der Waals surface area contributed by atoms with Crippen LogP contribution in [-0.4, -0.2) is 52.6 Å². The van der Waals surface area contributed by atoms with Crippen molar-refractivity contribution in [3.8, 4) is 0 Å². The molecule has 1 N–H and O–H groups in total. The predicted molar refractivity (Wildman–Crippen MR) is 88.6 cm³/mol. The van der Waals surface area contributed by atoms with Gasteiger partial charge in [-0.2, -0.15) is 0 Å². The lowest BCUT2D eigenvalue weighted by Crippen LogP contribution is -2.47. The van der Waals surface area contributed by atoms with E-state index in [4.69, 9.17) is 0 Å². The molecule has 1 heterocycles. The van der Waals surface area contributed by atoms with Crippen LogP contribution in [0.2, 0.25) is 0 Å². The lowest BCUT2D eigenvalue weighted by molar-refractivity contribution is -0.130. The molecule has 0 atom stereocenters. The van der Waals surface area contributed by atoms with E-state index in [0.717, 1.165) is 45.6 Å². The van der Waals surface area contributed by atoms with E-state index in [1.807, 2.05) is 18.7 Å². The number of aliphatic hydroxyl groups is 1. The van der Waals surface area contributed by atoms with E-state index in [9.17, 15) is 9.90 Å². The molecule has 4 heteroatoms. The molecule has 22 heavy (non-hydrogen) atoms. The maximum atomic E-state index is 11.3. The van der Waals surface area contributed by atoms with E-state index in [1.165, 1.54) is 11.1 Å². The van der Waals surface area contributed by atoms with Gasteiger partial charge in [-0.1, -0.05) is 24.3 Å². The first-order chi connectivity index (χ1) is 10.3. The minimum absolute atomic E-state index is 0.177. The zero-order valence-corrected chi connectivity index (χ0v) is 14.0. The van der Waals surface area contributed by atoms with Gasteiger partial charge in [0.1, 0.15) is 0 Å². The first kappa shape index (κ1) is 17.0. The molecule has 0 spiro atoms. The Bertz CT molecular complexity index is 483. The smallest absolute Gasteiger partial charge is 0.219 e. The van der Waals surface area contributed by atoms with Crippen molar-refractivity contribution >= 4 is 5.91 Å². The highest BCUT2D eigenvalue weighted by Gasteiger charge is 2.18. The third-order valence-corrected chi connectivity index (χ3v) is 4.27. The maximum Gasteiger partial charge on any atom is 0.219 e. The van der Waals surface area contributed by atoms with Gasteiger partial charge in [-0.3, -0.25) is 9.69 Å². The summed E-state index contributed by atoms with van der Waals surface area (Å²) in [5.41, 5.74) is 1.98. The Kier molecular flexibility index (Phi) is 5.59. The zero-order chi connectivity index (χ0) is 16.2. The van der Waals surface area contributed by atoms with Crippen LogP contribution >= 0.6 is 0 Å². The van der Waals surface area contributed by atoms with Crippen LogP contribution in [0.5, 0.6) is 0 Å². The van der Waals surface area contributed by atoms with Crippen molar-refractivity contribution in [3.05, 3.63) is 35.4 Å². The summed E-state index contributed by atoms with van der Waals surface area (Å²) >= 11 is 0. The number of aryl methyl sites for hydroxylation is 1. The van der Waals surface area contributed by atoms with Gasteiger partial charge in [0.25, 0.3) is 0 Å². The molecule has 0 radical (unpaired) electrons. The Hall–Kier alpha value is -1.39. The van der Waals surface area contributed by atoms with Crippen molar-refractivity contribution in [2.45, 2.75) is 45.8 Å². The molecule has 1 aliphatic heterocycles. The Morgan fingerprint density at radius 2 is 1.64 bits per heavy atom. The molecule has 4 nitrogen and oxygen atoms in total. The minimum Gasteiger partial charge on any atom is -0.390 e. The number of carbonyl (C=O) groups excluding carboxylic acids is 1. The van der Waals surface area contributed by atoms with Gasteiger partial charge in [0.15, 0.2) is 0 Å². The van der Waals surface area contributed by atoms with Crippen LogP contribution in [-0.2, 0) is 17.8 Å². The maximum absolute atomic E-state index is 11.3. The second kappa shape index (κ2) is 7.25. The van der Waals surface area contributed by atoms with Gasteiger partial charge in [-0.25, -0.2) is 0 Å². The molecule has 0 saturated carbocycles. The summed E-state index contributed by atoms with van der Waals surface area (Å²) in [6.07, 6.45) is 1.68. The standard InChI is InChI=1S/C18H28N2O2/c1-15(21)20-12-10-19(11-13-20)14-17-6-4-16(5-7-17)8-9-18(2,3)22/h4-7,22H,8-14H2,1-3H3. The number of benzene rings is 1. The highest BCUT2D eigenvalue weighted by Crippen LogP contribution is 2.15. The van der Waals surface area contributed by atoms with Crippen molar-refractivity contribution in [1.82, 2.24) is 9.80 Å². The van der Waals surface area contributed by atoms with Crippen LogP contribution in [0.1, 0.15) is 38.3 Å². The molecule has 1 aromatic rings. The van der Waals surface area contributed by atoms with Crippen LogP contribution in [0.3, 0.4) is 0 Å². The number of amides is 1. The molecule has 1 aromatic carbocycles. The Morgan fingerprint density at radius 1 is 1.09 bits per heavy atom. The van der Waals surface area contributed by atoms with Gasteiger partial charge in [0.05, 0.1) is 5.60 Å². The monoisotopic (exact) mass is 304 g/mol. The van der Waals surface area contributed by atoms with Crippen LogP contribution in [0.15, 0.2) is 24.3 Å². The Balaban J connectivity index is 1.81. The molecular formula is C18H28N2O2. The topological polar surface area (TPSA) is 43.8 Å². The molecule has 1 fully saturated rings. The number of hydrogen-bond acceptors (Lipinski definition) is 3. The number of hydrogen-bond donors (Lipinski definition) is 1. The van der Waals surface area contributed by atoms with Gasteiger partial charge in [0, 0.05) is 39.6 Å². The fourth-order valence-corrected chi connectivity index (χ4v) is 2.74. The summed E-state index contributed by atoms with van der Waals surface area (Å²) in [4.78, 5) is 15.6. The number of piperazine rings is 1. The molecule has 2 rings (SSSR count). The van der Waals surface area contributed by atoms with Gasteiger partial charge < -0.3 is 10.0 Å². The second-order valence-electron chi connectivity index (χ2n) is 6.91. The largest absolute Gasteiger partial charge is 0.390 e. The fraction of sp³-hybridized carbons (Fsp3) is 0.611. The molecule has 0 bridgehead atoms. The second-order valence-corrected chi connectivity index (χ2v) is 6.91. The van der Waals surface area contributed by atoms with Crippen LogP contribution in [0, 0.1) is 0 Å². The van der Waals surface area contributed by atoms with Crippen LogP contribution < -0.4 is 0 Å². The molecule has 1 saturated heterocycles. The minimum atomic E-state index is -0.602. The van der Waals surface area contributed by atoms with Crippen molar-refractivity contribution in [1.29, 1.82) is 0 Å². The lowest BCUT2D eigenvalue weighted by atomic mass is 9.98. The summed E-state index contributed by atoms with van der Waals surface area (Å²) < 4.78 is 0. The van der Waals surface area contributed by atoms with E-state index >= 15 is 0 Å². The molecule has 0 aromatic heterocycles. The zero-order valence-electron chi connectivity index (χ0n) is 14.0. The number of nitrogens with zero attached hydrogens (tertiary/aromatic N) is 2. The highest BCUT2D eigenvalue weighted by molar-refractivity contribution is 5.73. The summed E-state index contributed by atoms with van der Waals surface area (Å²) in [5.74, 6) is 0.177. The predicted octanol–water partition coefficient (Wildman–Crippen LogP) is 2.05. The summed E-state index contributed by atoms with van der Waals surface area (Å²) in [6, 6.07) is 8.67. The third-order valence-electron chi connectivity index (χ3n) is 4.27. The Morgan fingerprint density at radius 3 is 2.14 bits per heavy atom. The average molecular weight is 304 g/mol. The van der Waals surface area contributed by atoms with Crippen molar-refractivity contribution < 1.29 is 9.90 Å². The summed E-state index contributed by atoms with van der Waals surface area (Å²) in [7, 11) is 0. The highest BCUT2D eigenvalue weighted by atomic mass is 16.3. The van der Waals surface area contributed by atoms with E-state index in [1.54, 1.807) is 6.92 Å². The molecule has 0 aliphatic carbocycles. The number of carbonyl (C=O) groups is 1. The molecule has 122 valence electrons. The van der Waals surface area contributed by atoms with Gasteiger partial charge >= 0.3 is 0 Å². The van der Waals surface area contributed by atoms with E-state index < -0.39 is 5.60 Å². The molecule has 1 amide bonds. The molecular weight excluding hydrogens is 276 g/mol. The normalized spacial score (nSPS) is 16.8. The lowest BCUT2D eigenvalue weighted by Gasteiger charge is -2.34. The quantitative estimate of drug-likeness (QED) is 0.905. The van der Waals surface area contributed by atoms with E-state index in [2.05, 4.69) is 29.2 Å². The van der Waals surface area contributed by atoms with E-state index in [-0.39, 0.29) is 5.91 Å². The van der Waals surface area contributed by atoms with Gasteiger partial charge in [0.2, 0.25) is 5.91 Å². The van der Waals surface area contributed by atoms with Crippen LogP contribution in [0.25, 0.3) is 0 Å². The van der Waals surface area contributed by atoms with Crippen molar-refractivity contribution in [3.63, 3.8) is 0 Å². The molecule has 1 aliphatic rings. The first-order valence-electron chi connectivity index (χ1n) is 8.11. The third kappa shape index (κ3) is 5.43. The number of rotatable bonds is 5. The first-order valence-corrected chi connectivity index (χ1v) is 8.11. The SMILES string of the molecule is CC(=O)N1CCN(Cc2ccc(CCC(C)(C)O)cc2)CC1. The van der Waals surface area contributed by atoms with E-state index in [0.29, 0.717) is 0 Å². The van der Waals surface area contributed by atoms with Gasteiger partial charge in [-0.15, -0.1) is 0 Å². The summed E-state index contributed by atoms with van der Waals surface area (Å²) in [6.45, 7) is 9.84. The average Bonchev–Trinajstić information content (AvgIpc) is 2.46. The molecule has 0 unspecified atom stereocenters. The summed E-state index contributed by atoms with van der Waals surface area (Å²) in [5, 5.41) is 9.78. The van der Waals surface area contributed by atoms with Crippen molar-refractivity contribution in [2.24, 2.45) is 0 Å².